The normalized spacial score (nSPS) is 17.4. The summed E-state index contributed by atoms with van der Waals surface area (Å²) in [5.41, 5.74) is 0.979. The summed E-state index contributed by atoms with van der Waals surface area (Å²) in [6.45, 7) is 2.08. The molecule has 1 aliphatic rings. The number of hydrogen-bond donors (Lipinski definition) is 2. The Hall–Kier alpha value is -2.72. The summed E-state index contributed by atoms with van der Waals surface area (Å²) in [7, 11) is 2.12. The second-order valence-electron chi connectivity index (χ2n) is 6.62. The molecule has 0 saturated carbocycles. The summed E-state index contributed by atoms with van der Waals surface area (Å²) in [6, 6.07) is 19.7. The predicted octanol–water partition coefficient (Wildman–Crippen LogP) is 2.40. The maximum atomic E-state index is 10.3. The molecule has 0 fully saturated rings. The number of quaternary nitrogens is 1. The molecule has 128 valence electrons. The van der Waals surface area contributed by atoms with Gasteiger partial charge in [-0.25, -0.2) is 0 Å². The fraction of sp³-hybridized carbons (Fsp3) is 0.238. The first-order chi connectivity index (χ1) is 12.2. The Kier molecular flexibility index (Phi) is 4.20. The highest BCUT2D eigenvalue weighted by molar-refractivity contribution is 5.87. The van der Waals surface area contributed by atoms with Crippen LogP contribution in [0.4, 0.5) is 0 Å². The number of para-hydroxylation sites is 2. The maximum absolute atomic E-state index is 10.3. The minimum atomic E-state index is 0.00650. The number of aromatic hydroxyl groups is 1. The summed E-state index contributed by atoms with van der Waals surface area (Å²) >= 11 is 0. The Morgan fingerprint density at radius 2 is 1.76 bits per heavy atom. The second kappa shape index (κ2) is 6.65. The van der Waals surface area contributed by atoms with E-state index in [0.717, 1.165) is 40.9 Å². The second-order valence-corrected chi connectivity index (χ2v) is 6.62. The van der Waals surface area contributed by atoms with Gasteiger partial charge in [-0.2, -0.15) is 0 Å². The lowest BCUT2D eigenvalue weighted by molar-refractivity contribution is -0.896. The van der Waals surface area contributed by atoms with Crippen molar-refractivity contribution < 1.29 is 19.5 Å². The van der Waals surface area contributed by atoms with Gasteiger partial charge in [0.2, 0.25) is 0 Å². The van der Waals surface area contributed by atoms with Crippen molar-refractivity contribution in [2.75, 3.05) is 20.2 Å². The molecule has 4 heteroatoms. The average molecular weight is 336 g/mol. The van der Waals surface area contributed by atoms with Crippen molar-refractivity contribution in [3.8, 4) is 17.2 Å². The predicted molar refractivity (Wildman–Crippen MR) is 97.4 cm³/mol. The van der Waals surface area contributed by atoms with E-state index in [4.69, 9.17) is 9.47 Å². The van der Waals surface area contributed by atoms with Crippen molar-refractivity contribution in [3.05, 3.63) is 66.2 Å². The van der Waals surface area contributed by atoms with E-state index in [1.54, 1.807) is 6.07 Å². The number of benzene rings is 3. The van der Waals surface area contributed by atoms with Crippen molar-refractivity contribution in [2.45, 2.75) is 12.6 Å². The SMILES string of the molecule is C[NH+](Cc1c(O)ccc2ccccc12)C[C@@H]1COc2ccccc2O1. The van der Waals surface area contributed by atoms with E-state index >= 15 is 0 Å². The number of phenolic OH excluding ortho intramolecular Hbond substituents is 1. The van der Waals surface area contributed by atoms with Crippen LogP contribution in [0.15, 0.2) is 60.7 Å². The number of hydrogen-bond acceptors (Lipinski definition) is 3. The van der Waals surface area contributed by atoms with Gasteiger partial charge >= 0.3 is 0 Å². The highest BCUT2D eigenvalue weighted by Crippen LogP contribution is 2.30. The van der Waals surface area contributed by atoms with Gasteiger partial charge in [-0.1, -0.05) is 42.5 Å². The van der Waals surface area contributed by atoms with Gasteiger partial charge in [0, 0.05) is 0 Å². The van der Waals surface area contributed by atoms with Crippen LogP contribution in [0.2, 0.25) is 0 Å². The van der Waals surface area contributed by atoms with E-state index < -0.39 is 0 Å². The number of phenols is 1. The van der Waals surface area contributed by atoms with Gasteiger partial charge < -0.3 is 19.5 Å². The van der Waals surface area contributed by atoms with Crippen LogP contribution in [0.5, 0.6) is 17.2 Å². The minimum absolute atomic E-state index is 0.00650. The highest BCUT2D eigenvalue weighted by atomic mass is 16.6. The van der Waals surface area contributed by atoms with Crippen molar-refractivity contribution in [1.82, 2.24) is 0 Å². The van der Waals surface area contributed by atoms with E-state index in [1.165, 1.54) is 4.90 Å². The van der Waals surface area contributed by atoms with Gasteiger partial charge in [0.1, 0.15) is 25.4 Å². The van der Waals surface area contributed by atoms with Crippen LogP contribution in [-0.2, 0) is 6.54 Å². The molecule has 0 aliphatic carbocycles. The topological polar surface area (TPSA) is 43.1 Å². The number of rotatable bonds is 4. The molecule has 3 aromatic carbocycles. The van der Waals surface area contributed by atoms with E-state index in [9.17, 15) is 5.11 Å². The molecular formula is C21H22NO3+. The van der Waals surface area contributed by atoms with Crippen molar-refractivity contribution in [2.24, 2.45) is 0 Å². The number of likely N-dealkylation sites (N-methyl/N-ethyl adjacent to an activating group) is 1. The smallest absolute Gasteiger partial charge is 0.181 e. The average Bonchev–Trinajstić information content (AvgIpc) is 2.64. The molecule has 4 nitrogen and oxygen atoms in total. The molecule has 0 spiro atoms. The van der Waals surface area contributed by atoms with Crippen LogP contribution in [0, 0.1) is 0 Å². The number of fused-ring (bicyclic) bond motifs is 2. The highest BCUT2D eigenvalue weighted by Gasteiger charge is 2.24. The van der Waals surface area contributed by atoms with Crippen LogP contribution in [0.1, 0.15) is 5.56 Å². The molecule has 1 aliphatic heterocycles. The standard InChI is InChI=1S/C21H21NO3/c1-22(12-16-14-24-20-8-4-5-9-21(20)25-16)13-18-17-7-3-2-6-15(17)10-11-19(18)23/h2-11,16,23H,12-14H2,1H3/p+1/t16-/m1/s1. The van der Waals surface area contributed by atoms with E-state index in [-0.39, 0.29) is 6.10 Å². The van der Waals surface area contributed by atoms with Gasteiger partial charge in [0.15, 0.2) is 17.6 Å². The Morgan fingerprint density at radius 1 is 1.00 bits per heavy atom. The quantitative estimate of drug-likeness (QED) is 0.769. The van der Waals surface area contributed by atoms with Crippen molar-refractivity contribution in [3.63, 3.8) is 0 Å². The number of ether oxygens (including phenoxy) is 2. The first-order valence-electron chi connectivity index (χ1n) is 8.60. The Morgan fingerprint density at radius 3 is 2.64 bits per heavy atom. The maximum Gasteiger partial charge on any atom is 0.181 e. The molecule has 0 saturated heterocycles. The molecule has 0 aromatic heterocycles. The lowest BCUT2D eigenvalue weighted by Gasteiger charge is -2.28. The zero-order valence-corrected chi connectivity index (χ0v) is 14.2. The molecule has 1 unspecified atom stereocenters. The molecule has 0 radical (unpaired) electrons. The van der Waals surface area contributed by atoms with Crippen molar-refractivity contribution in [1.29, 1.82) is 0 Å². The van der Waals surface area contributed by atoms with Crippen LogP contribution in [-0.4, -0.2) is 31.4 Å². The first kappa shape index (κ1) is 15.8. The van der Waals surface area contributed by atoms with Gasteiger partial charge in [-0.05, 0) is 29.0 Å². The van der Waals surface area contributed by atoms with Crippen LogP contribution < -0.4 is 14.4 Å². The van der Waals surface area contributed by atoms with E-state index in [2.05, 4.69) is 19.2 Å². The fourth-order valence-corrected chi connectivity index (χ4v) is 3.44. The lowest BCUT2D eigenvalue weighted by atomic mass is 10.0. The third-order valence-electron chi connectivity index (χ3n) is 4.64. The third-order valence-corrected chi connectivity index (χ3v) is 4.64. The number of nitrogens with one attached hydrogen (secondary N) is 1. The van der Waals surface area contributed by atoms with Crippen LogP contribution >= 0.6 is 0 Å². The molecule has 2 atom stereocenters. The molecule has 25 heavy (non-hydrogen) atoms. The fourth-order valence-electron chi connectivity index (χ4n) is 3.44. The zero-order chi connectivity index (χ0) is 17.2. The van der Waals surface area contributed by atoms with E-state index in [1.807, 2.05) is 42.5 Å². The zero-order valence-electron chi connectivity index (χ0n) is 14.2. The molecule has 3 aromatic rings. The molecule has 1 heterocycles. The van der Waals surface area contributed by atoms with Crippen LogP contribution in [0.3, 0.4) is 0 Å². The summed E-state index contributed by atoms with van der Waals surface area (Å²) in [4.78, 5) is 1.26. The molecule has 2 N–H and O–H groups in total. The monoisotopic (exact) mass is 336 g/mol. The first-order valence-corrected chi connectivity index (χ1v) is 8.60. The van der Waals surface area contributed by atoms with Gasteiger partial charge in [0.25, 0.3) is 0 Å². The summed E-state index contributed by atoms with van der Waals surface area (Å²) in [5, 5.41) is 12.6. The molecule has 0 amide bonds. The summed E-state index contributed by atoms with van der Waals surface area (Å²) in [5.74, 6) is 1.96. The Balaban J connectivity index is 1.48. The molecular weight excluding hydrogens is 314 g/mol. The summed E-state index contributed by atoms with van der Waals surface area (Å²) in [6.07, 6.45) is 0.00650. The van der Waals surface area contributed by atoms with E-state index in [0.29, 0.717) is 12.4 Å². The summed E-state index contributed by atoms with van der Waals surface area (Å²) < 4.78 is 11.8. The Bertz CT molecular complexity index is 893. The van der Waals surface area contributed by atoms with Gasteiger partial charge in [-0.15, -0.1) is 0 Å². The third kappa shape index (κ3) is 3.26. The lowest BCUT2D eigenvalue weighted by Crippen LogP contribution is -3.09. The van der Waals surface area contributed by atoms with Crippen LogP contribution in [0.25, 0.3) is 10.8 Å². The molecule has 4 rings (SSSR count). The minimum Gasteiger partial charge on any atom is -0.507 e. The largest absolute Gasteiger partial charge is 0.507 e. The Labute approximate surface area is 147 Å². The van der Waals surface area contributed by atoms with Gasteiger partial charge in [-0.3, -0.25) is 0 Å². The van der Waals surface area contributed by atoms with Crippen molar-refractivity contribution >= 4 is 10.8 Å². The van der Waals surface area contributed by atoms with Gasteiger partial charge in [0.05, 0.1) is 12.6 Å². The molecule has 0 bridgehead atoms.